The second-order valence-electron chi connectivity index (χ2n) is 7.43. The molecule has 0 aliphatic carbocycles. The molecule has 0 spiro atoms. The minimum absolute atomic E-state index is 0.102. The molecule has 0 radical (unpaired) electrons. The molecule has 0 saturated heterocycles. The normalized spacial score (nSPS) is 10.8. The van der Waals surface area contributed by atoms with Gasteiger partial charge < -0.3 is 9.47 Å². The van der Waals surface area contributed by atoms with Crippen LogP contribution in [-0.4, -0.2) is 18.5 Å². The molecule has 0 aromatic heterocycles. The maximum atomic E-state index is 11.9. The predicted molar refractivity (Wildman–Crippen MR) is 124 cm³/mol. The number of ether oxygens (including phenoxy) is 2. The molecule has 7 heteroatoms. The van der Waals surface area contributed by atoms with E-state index in [1.54, 1.807) is 0 Å². The highest BCUT2D eigenvalue weighted by Gasteiger charge is 2.11. The first-order chi connectivity index (χ1) is 14.4. The molecule has 30 heavy (non-hydrogen) atoms. The third-order valence-corrected chi connectivity index (χ3v) is 5.91. The summed E-state index contributed by atoms with van der Waals surface area (Å²) in [7, 11) is 0. The zero-order valence-electron chi connectivity index (χ0n) is 17.8. The summed E-state index contributed by atoms with van der Waals surface area (Å²) in [5, 5.41) is 0.633. The predicted octanol–water partition coefficient (Wildman–Crippen LogP) is 8.19. The molecule has 1 aromatic carbocycles. The maximum absolute atomic E-state index is 11.9. The van der Waals surface area contributed by atoms with E-state index in [1.807, 2.05) is 0 Å². The summed E-state index contributed by atoms with van der Waals surface area (Å²) in [5.74, 6) is -0.522. The van der Waals surface area contributed by atoms with Crippen LogP contribution in [-0.2, 0) is 14.3 Å². The van der Waals surface area contributed by atoms with Gasteiger partial charge in [0, 0.05) is 25.0 Å². The van der Waals surface area contributed by atoms with E-state index in [-0.39, 0.29) is 39.6 Å². The van der Waals surface area contributed by atoms with E-state index in [2.05, 4.69) is 6.92 Å². The minimum atomic E-state index is -0.466. The SMILES string of the molecule is CCCCCCCCCCCCOC(=O)CCCC(=O)Oc1cc(Cl)c(Cl)c(Cl)c1. The lowest BCUT2D eigenvalue weighted by atomic mass is 10.1. The fourth-order valence-corrected chi connectivity index (χ4v) is 3.57. The number of esters is 2. The lowest BCUT2D eigenvalue weighted by Crippen LogP contribution is -2.10. The van der Waals surface area contributed by atoms with Crippen LogP contribution in [0, 0.1) is 0 Å². The van der Waals surface area contributed by atoms with Crippen LogP contribution in [0.4, 0.5) is 0 Å². The molecule has 0 amide bonds. The number of unbranched alkanes of at least 4 members (excludes halogenated alkanes) is 9. The van der Waals surface area contributed by atoms with Crippen LogP contribution in [0.5, 0.6) is 5.75 Å². The van der Waals surface area contributed by atoms with Gasteiger partial charge >= 0.3 is 11.9 Å². The van der Waals surface area contributed by atoms with Gasteiger partial charge in [-0.3, -0.25) is 9.59 Å². The third kappa shape index (κ3) is 12.7. The molecule has 4 nitrogen and oxygen atoms in total. The summed E-state index contributed by atoms with van der Waals surface area (Å²) in [6.07, 6.45) is 13.0. The van der Waals surface area contributed by atoms with E-state index in [9.17, 15) is 9.59 Å². The average Bonchev–Trinajstić information content (AvgIpc) is 2.70. The van der Waals surface area contributed by atoms with E-state index in [0.717, 1.165) is 12.8 Å². The Morgan fingerprint density at radius 1 is 0.733 bits per heavy atom. The van der Waals surface area contributed by atoms with Gasteiger partial charge in [-0.25, -0.2) is 0 Å². The van der Waals surface area contributed by atoms with Gasteiger partial charge in [0.25, 0.3) is 0 Å². The number of benzene rings is 1. The number of carbonyl (C=O) groups is 2. The summed E-state index contributed by atoms with van der Waals surface area (Å²) >= 11 is 17.7. The molecule has 170 valence electrons. The molecule has 1 rings (SSSR count). The molecule has 0 aliphatic heterocycles. The second-order valence-corrected chi connectivity index (χ2v) is 8.62. The molecule has 0 saturated carbocycles. The largest absolute Gasteiger partial charge is 0.466 e. The van der Waals surface area contributed by atoms with Crippen molar-refractivity contribution in [3.8, 4) is 5.75 Å². The quantitative estimate of drug-likeness (QED) is 0.104. The summed E-state index contributed by atoms with van der Waals surface area (Å²) in [4.78, 5) is 23.6. The number of halogens is 3. The van der Waals surface area contributed by atoms with E-state index in [1.165, 1.54) is 63.5 Å². The van der Waals surface area contributed by atoms with Crippen LogP contribution in [0.25, 0.3) is 0 Å². The van der Waals surface area contributed by atoms with E-state index < -0.39 is 5.97 Å². The molecule has 0 N–H and O–H groups in total. The van der Waals surface area contributed by atoms with Crippen molar-refractivity contribution in [2.75, 3.05) is 6.61 Å². The Bertz CT molecular complexity index is 626. The fourth-order valence-electron chi connectivity index (χ4n) is 3.00. The monoisotopic (exact) mass is 478 g/mol. The standard InChI is InChI=1S/C23H33Cl3O4/c1-2-3-4-5-6-7-8-9-10-11-15-29-21(27)13-12-14-22(28)30-18-16-19(24)23(26)20(25)17-18/h16-17H,2-15H2,1H3. The van der Waals surface area contributed by atoms with Crippen LogP contribution in [0.1, 0.15) is 90.4 Å². The second kappa shape index (κ2) is 16.7. The maximum Gasteiger partial charge on any atom is 0.311 e. The van der Waals surface area contributed by atoms with Crippen molar-refractivity contribution in [1.29, 1.82) is 0 Å². The third-order valence-electron chi connectivity index (χ3n) is 4.71. The highest BCUT2D eigenvalue weighted by atomic mass is 35.5. The lowest BCUT2D eigenvalue weighted by Gasteiger charge is -2.07. The first-order valence-corrected chi connectivity index (χ1v) is 12.1. The van der Waals surface area contributed by atoms with Crippen LogP contribution in [0.3, 0.4) is 0 Å². The summed E-state index contributed by atoms with van der Waals surface area (Å²) in [5.41, 5.74) is 0. The molecule has 0 aliphatic rings. The average molecular weight is 480 g/mol. The molecule has 1 aromatic rings. The Morgan fingerprint density at radius 3 is 1.80 bits per heavy atom. The number of carbonyl (C=O) groups excluding carboxylic acids is 2. The number of rotatable bonds is 16. The van der Waals surface area contributed by atoms with Crippen molar-refractivity contribution >= 4 is 46.7 Å². The summed E-state index contributed by atoms with van der Waals surface area (Å²) < 4.78 is 10.4. The molecule has 0 fully saturated rings. The number of hydrogen-bond acceptors (Lipinski definition) is 4. The van der Waals surface area contributed by atoms with Crippen molar-refractivity contribution in [2.24, 2.45) is 0 Å². The molecule has 0 heterocycles. The molecule has 0 atom stereocenters. The van der Waals surface area contributed by atoms with Crippen LogP contribution >= 0.6 is 34.8 Å². The molecular weight excluding hydrogens is 447 g/mol. The van der Waals surface area contributed by atoms with E-state index in [4.69, 9.17) is 44.3 Å². The Morgan fingerprint density at radius 2 is 1.23 bits per heavy atom. The first kappa shape index (κ1) is 27.1. The Kier molecular flexibility index (Phi) is 15.1. The van der Waals surface area contributed by atoms with Crippen LogP contribution < -0.4 is 4.74 Å². The van der Waals surface area contributed by atoms with Crippen molar-refractivity contribution < 1.29 is 19.1 Å². The van der Waals surface area contributed by atoms with Crippen LogP contribution in [0.15, 0.2) is 12.1 Å². The topological polar surface area (TPSA) is 52.6 Å². The summed E-state index contributed by atoms with van der Waals surface area (Å²) in [6, 6.07) is 2.85. The Labute approximate surface area is 195 Å². The highest BCUT2D eigenvalue weighted by molar-refractivity contribution is 6.48. The van der Waals surface area contributed by atoms with Gasteiger partial charge in [-0.2, -0.15) is 0 Å². The smallest absolute Gasteiger partial charge is 0.311 e. The van der Waals surface area contributed by atoms with Gasteiger partial charge in [-0.15, -0.1) is 0 Å². The van der Waals surface area contributed by atoms with Crippen molar-refractivity contribution in [3.05, 3.63) is 27.2 Å². The molecule has 0 bridgehead atoms. The van der Waals surface area contributed by atoms with Crippen LogP contribution in [0.2, 0.25) is 15.1 Å². The van der Waals surface area contributed by atoms with E-state index in [0.29, 0.717) is 13.0 Å². The van der Waals surface area contributed by atoms with Crippen molar-refractivity contribution in [1.82, 2.24) is 0 Å². The Balaban J connectivity index is 2.01. The lowest BCUT2D eigenvalue weighted by molar-refractivity contribution is -0.144. The van der Waals surface area contributed by atoms with Gasteiger partial charge in [-0.1, -0.05) is 99.5 Å². The van der Waals surface area contributed by atoms with Gasteiger partial charge in [-0.05, 0) is 12.8 Å². The van der Waals surface area contributed by atoms with Crippen molar-refractivity contribution in [2.45, 2.75) is 90.4 Å². The fraction of sp³-hybridized carbons (Fsp3) is 0.652. The molecule has 0 unspecified atom stereocenters. The summed E-state index contributed by atoms with van der Waals surface area (Å²) in [6.45, 7) is 2.68. The first-order valence-electron chi connectivity index (χ1n) is 10.9. The van der Waals surface area contributed by atoms with Gasteiger partial charge in [0.15, 0.2) is 0 Å². The van der Waals surface area contributed by atoms with E-state index >= 15 is 0 Å². The minimum Gasteiger partial charge on any atom is -0.466 e. The van der Waals surface area contributed by atoms with Crippen molar-refractivity contribution in [3.63, 3.8) is 0 Å². The Hall–Kier alpha value is -0.970. The van der Waals surface area contributed by atoms with Gasteiger partial charge in [0.1, 0.15) is 5.75 Å². The zero-order valence-corrected chi connectivity index (χ0v) is 20.1. The zero-order chi connectivity index (χ0) is 22.2. The molecular formula is C23H33Cl3O4. The van der Waals surface area contributed by atoms with Gasteiger partial charge in [0.2, 0.25) is 0 Å². The highest BCUT2D eigenvalue weighted by Crippen LogP contribution is 2.34. The van der Waals surface area contributed by atoms with Gasteiger partial charge in [0.05, 0.1) is 21.7 Å². The number of hydrogen-bond donors (Lipinski definition) is 0.